The Morgan fingerprint density at radius 2 is 1.46 bits per heavy atom. The largest absolute Gasteiger partial charge is 0.356 e. The predicted octanol–water partition coefficient (Wildman–Crippen LogP) is 5.09. The molecule has 3 aromatic rings. The Labute approximate surface area is 139 Å². The molecule has 3 aromatic carbocycles. The second-order valence-corrected chi connectivity index (χ2v) is 5.14. The van der Waals surface area contributed by atoms with Gasteiger partial charge in [-0.25, -0.2) is 0 Å². The summed E-state index contributed by atoms with van der Waals surface area (Å²) in [7, 11) is 0. The molecule has 0 radical (unpaired) electrons. The highest BCUT2D eigenvalue weighted by atomic mass is 16.6. The number of hydrogen-bond acceptors (Lipinski definition) is 4. The Morgan fingerprint density at radius 1 is 0.833 bits per heavy atom. The number of benzene rings is 3. The molecular formula is C19H15N3O2. The molecule has 24 heavy (non-hydrogen) atoms. The van der Waals surface area contributed by atoms with Crippen LogP contribution in [-0.2, 0) is 0 Å². The van der Waals surface area contributed by atoms with E-state index < -0.39 is 4.92 Å². The fourth-order valence-corrected chi connectivity index (χ4v) is 2.15. The van der Waals surface area contributed by atoms with Crippen LogP contribution in [-0.4, -0.2) is 11.1 Å². The molecular weight excluding hydrogens is 302 g/mol. The van der Waals surface area contributed by atoms with Crippen LogP contribution in [0.1, 0.15) is 5.56 Å². The van der Waals surface area contributed by atoms with Gasteiger partial charge in [0.15, 0.2) is 0 Å². The van der Waals surface area contributed by atoms with Gasteiger partial charge in [0.25, 0.3) is 5.69 Å². The van der Waals surface area contributed by atoms with Crippen LogP contribution in [0.15, 0.2) is 83.9 Å². The van der Waals surface area contributed by atoms with Gasteiger partial charge in [-0.15, -0.1) is 0 Å². The molecule has 0 aliphatic carbocycles. The number of nitro groups is 1. The molecule has 0 atom stereocenters. The standard InChI is InChI=1S/C19H15N3O2/c23-22(24)19-12-10-16(11-13-19)20-14-15-6-8-18(9-7-15)21-17-4-2-1-3-5-17/h1-14,21H. The van der Waals surface area contributed by atoms with Crippen molar-refractivity contribution in [2.24, 2.45) is 4.99 Å². The number of nitrogens with one attached hydrogen (secondary N) is 1. The van der Waals surface area contributed by atoms with E-state index in [1.54, 1.807) is 18.3 Å². The van der Waals surface area contributed by atoms with Gasteiger partial charge in [-0.05, 0) is 42.0 Å². The molecule has 0 aliphatic heterocycles. The Balaban J connectivity index is 1.66. The molecule has 1 N–H and O–H groups in total. The zero-order chi connectivity index (χ0) is 16.8. The lowest BCUT2D eigenvalue weighted by Crippen LogP contribution is -1.90. The zero-order valence-electron chi connectivity index (χ0n) is 12.8. The Bertz CT molecular complexity index is 842. The molecule has 0 heterocycles. The third-order valence-electron chi connectivity index (χ3n) is 3.40. The number of nitrogens with zero attached hydrogens (tertiary/aromatic N) is 2. The maximum absolute atomic E-state index is 10.6. The van der Waals surface area contributed by atoms with E-state index >= 15 is 0 Å². The molecule has 0 amide bonds. The van der Waals surface area contributed by atoms with Gasteiger partial charge in [0.1, 0.15) is 0 Å². The van der Waals surface area contributed by atoms with Crippen LogP contribution in [0, 0.1) is 10.1 Å². The molecule has 5 heteroatoms. The van der Waals surface area contributed by atoms with Crippen LogP contribution in [0.4, 0.5) is 22.7 Å². The molecule has 0 fully saturated rings. The molecule has 0 saturated carbocycles. The first-order valence-electron chi connectivity index (χ1n) is 7.41. The molecule has 118 valence electrons. The summed E-state index contributed by atoms with van der Waals surface area (Å²) in [6.45, 7) is 0. The third kappa shape index (κ3) is 4.04. The van der Waals surface area contributed by atoms with E-state index in [9.17, 15) is 10.1 Å². The SMILES string of the molecule is O=[N+]([O-])c1ccc(N=Cc2ccc(Nc3ccccc3)cc2)cc1. The molecule has 0 aromatic heterocycles. The average Bonchev–Trinajstić information content (AvgIpc) is 2.62. The van der Waals surface area contributed by atoms with Crippen molar-refractivity contribution in [3.05, 3.63) is 94.5 Å². The van der Waals surface area contributed by atoms with Crippen molar-refractivity contribution in [3.8, 4) is 0 Å². The summed E-state index contributed by atoms with van der Waals surface area (Å²) in [5, 5.41) is 13.9. The lowest BCUT2D eigenvalue weighted by molar-refractivity contribution is -0.384. The fourth-order valence-electron chi connectivity index (χ4n) is 2.15. The van der Waals surface area contributed by atoms with Gasteiger partial charge >= 0.3 is 0 Å². The number of rotatable bonds is 5. The highest BCUT2D eigenvalue weighted by molar-refractivity contribution is 5.82. The monoisotopic (exact) mass is 317 g/mol. The maximum Gasteiger partial charge on any atom is 0.269 e. The van der Waals surface area contributed by atoms with Crippen molar-refractivity contribution in [3.63, 3.8) is 0 Å². The molecule has 0 saturated heterocycles. The minimum absolute atomic E-state index is 0.0605. The van der Waals surface area contributed by atoms with Crippen molar-refractivity contribution in [2.45, 2.75) is 0 Å². The molecule has 0 spiro atoms. The summed E-state index contributed by atoms with van der Waals surface area (Å²) in [5.74, 6) is 0. The van der Waals surface area contributed by atoms with Gasteiger partial charge in [0.05, 0.1) is 10.6 Å². The molecule has 3 rings (SSSR count). The predicted molar refractivity (Wildman–Crippen MR) is 96.5 cm³/mol. The fraction of sp³-hybridized carbons (Fsp3) is 0. The Kier molecular flexibility index (Phi) is 4.62. The van der Waals surface area contributed by atoms with Gasteiger partial charge in [-0.2, -0.15) is 0 Å². The van der Waals surface area contributed by atoms with Gasteiger partial charge in [-0.1, -0.05) is 30.3 Å². The Hall–Kier alpha value is -3.47. The summed E-state index contributed by atoms with van der Waals surface area (Å²) < 4.78 is 0. The van der Waals surface area contributed by atoms with Crippen LogP contribution >= 0.6 is 0 Å². The molecule has 0 aliphatic rings. The number of nitro benzene ring substituents is 1. The topological polar surface area (TPSA) is 67.5 Å². The number of para-hydroxylation sites is 1. The first-order chi connectivity index (χ1) is 11.7. The number of anilines is 2. The van der Waals surface area contributed by atoms with E-state index in [4.69, 9.17) is 0 Å². The van der Waals surface area contributed by atoms with Gasteiger partial charge < -0.3 is 5.32 Å². The quantitative estimate of drug-likeness (QED) is 0.405. The smallest absolute Gasteiger partial charge is 0.269 e. The van der Waals surface area contributed by atoms with E-state index in [1.165, 1.54) is 12.1 Å². The zero-order valence-corrected chi connectivity index (χ0v) is 12.8. The highest BCUT2D eigenvalue weighted by Crippen LogP contribution is 2.19. The molecule has 0 bridgehead atoms. The molecule has 0 unspecified atom stereocenters. The summed E-state index contributed by atoms with van der Waals surface area (Å²) >= 11 is 0. The van der Waals surface area contributed by atoms with Crippen molar-refractivity contribution in [2.75, 3.05) is 5.32 Å². The number of hydrogen-bond donors (Lipinski definition) is 1. The van der Waals surface area contributed by atoms with Gasteiger partial charge in [0.2, 0.25) is 0 Å². The van der Waals surface area contributed by atoms with Gasteiger partial charge in [0, 0.05) is 29.7 Å². The van der Waals surface area contributed by atoms with E-state index in [0.29, 0.717) is 5.69 Å². The van der Waals surface area contributed by atoms with Crippen molar-refractivity contribution >= 4 is 29.0 Å². The first kappa shape index (κ1) is 15.4. The third-order valence-corrected chi connectivity index (χ3v) is 3.40. The number of aliphatic imine (C=N–C) groups is 1. The molecule has 5 nitrogen and oxygen atoms in total. The van der Waals surface area contributed by atoms with E-state index in [0.717, 1.165) is 16.9 Å². The van der Waals surface area contributed by atoms with Crippen LogP contribution in [0.2, 0.25) is 0 Å². The average molecular weight is 317 g/mol. The lowest BCUT2D eigenvalue weighted by Gasteiger charge is -2.06. The maximum atomic E-state index is 10.6. The summed E-state index contributed by atoms with van der Waals surface area (Å²) in [5.41, 5.74) is 3.71. The van der Waals surface area contributed by atoms with E-state index in [-0.39, 0.29) is 5.69 Å². The second kappa shape index (κ2) is 7.19. The van der Waals surface area contributed by atoms with Crippen LogP contribution in [0.3, 0.4) is 0 Å². The highest BCUT2D eigenvalue weighted by Gasteiger charge is 2.02. The van der Waals surface area contributed by atoms with Crippen molar-refractivity contribution < 1.29 is 4.92 Å². The van der Waals surface area contributed by atoms with E-state index in [1.807, 2.05) is 54.6 Å². The summed E-state index contributed by atoms with van der Waals surface area (Å²) in [4.78, 5) is 14.5. The minimum atomic E-state index is -0.425. The van der Waals surface area contributed by atoms with Crippen molar-refractivity contribution in [1.82, 2.24) is 0 Å². The number of non-ortho nitro benzene ring substituents is 1. The van der Waals surface area contributed by atoms with Crippen LogP contribution in [0.5, 0.6) is 0 Å². The summed E-state index contributed by atoms with van der Waals surface area (Å²) in [6, 6.07) is 24.0. The van der Waals surface area contributed by atoms with Crippen molar-refractivity contribution in [1.29, 1.82) is 0 Å². The van der Waals surface area contributed by atoms with Crippen LogP contribution < -0.4 is 5.32 Å². The summed E-state index contributed by atoms with van der Waals surface area (Å²) in [6.07, 6.45) is 1.73. The normalized spacial score (nSPS) is 10.7. The second-order valence-electron chi connectivity index (χ2n) is 5.14. The van der Waals surface area contributed by atoms with E-state index in [2.05, 4.69) is 10.3 Å². The Morgan fingerprint density at radius 3 is 2.08 bits per heavy atom. The first-order valence-corrected chi connectivity index (χ1v) is 7.41. The van der Waals surface area contributed by atoms with Gasteiger partial charge in [-0.3, -0.25) is 15.1 Å². The lowest BCUT2D eigenvalue weighted by atomic mass is 10.2. The minimum Gasteiger partial charge on any atom is -0.356 e. The van der Waals surface area contributed by atoms with Crippen LogP contribution in [0.25, 0.3) is 0 Å².